The monoisotopic (exact) mass is 367 g/mol. The minimum absolute atomic E-state index is 0.486. The van der Waals surface area contributed by atoms with Gasteiger partial charge in [0.05, 0.1) is 6.04 Å². The van der Waals surface area contributed by atoms with Gasteiger partial charge in [-0.25, -0.2) is 8.78 Å². The fourth-order valence-corrected chi connectivity index (χ4v) is 3.54. The van der Waals surface area contributed by atoms with Crippen molar-refractivity contribution in [3.05, 3.63) is 36.5 Å². The maximum absolute atomic E-state index is 11.6. The molecule has 148 valence electrons. The Morgan fingerprint density at radius 3 is 2.38 bits per heavy atom. The molecular formula is C21H35F2N3. The molecule has 2 unspecified atom stereocenters. The molecule has 3 nitrogen and oxygen atoms in total. The van der Waals surface area contributed by atoms with E-state index < -0.39 is 11.7 Å². The lowest BCUT2D eigenvalue weighted by Crippen LogP contribution is -2.39. The highest BCUT2D eigenvalue weighted by molar-refractivity contribution is 5.88. The van der Waals surface area contributed by atoms with Crippen molar-refractivity contribution >= 4 is 5.71 Å². The van der Waals surface area contributed by atoms with Gasteiger partial charge in [-0.1, -0.05) is 44.9 Å². The maximum atomic E-state index is 11.6. The Kier molecular flexibility index (Phi) is 10.4. The second-order valence-corrected chi connectivity index (χ2v) is 6.96. The second-order valence-electron chi connectivity index (χ2n) is 6.96. The molecule has 2 atom stereocenters. The smallest absolute Gasteiger partial charge is 0.153 e. The van der Waals surface area contributed by atoms with E-state index in [2.05, 4.69) is 42.9 Å². The van der Waals surface area contributed by atoms with Crippen LogP contribution in [0, 0.1) is 5.92 Å². The molecule has 0 aromatic heterocycles. The zero-order valence-electron chi connectivity index (χ0n) is 16.8. The highest BCUT2D eigenvalue weighted by atomic mass is 19.2. The first-order valence-corrected chi connectivity index (χ1v) is 9.75. The fraction of sp³-hybridized carbons (Fsp3) is 0.667. The molecular weight excluding hydrogens is 332 g/mol. The van der Waals surface area contributed by atoms with E-state index in [1.807, 2.05) is 7.05 Å². The van der Waals surface area contributed by atoms with Crippen molar-refractivity contribution in [1.82, 2.24) is 10.3 Å². The zero-order valence-corrected chi connectivity index (χ0v) is 16.8. The SMILES string of the molecule is C/C=C/C1C(C)C(CCNC)=NN1C1CCCCC1.C=C(F)/C(F)=C\C. The second kappa shape index (κ2) is 12.0. The molecule has 0 spiro atoms. The van der Waals surface area contributed by atoms with E-state index in [0.29, 0.717) is 18.0 Å². The van der Waals surface area contributed by atoms with E-state index in [1.54, 1.807) is 0 Å². The van der Waals surface area contributed by atoms with E-state index in [1.165, 1.54) is 44.7 Å². The van der Waals surface area contributed by atoms with Crippen LogP contribution in [0.5, 0.6) is 0 Å². The molecule has 2 aliphatic rings. The van der Waals surface area contributed by atoms with E-state index in [-0.39, 0.29) is 0 Å². The van der Waals surface area contributed by atoms with Crippen LogP contribution >= 0.6 is 0 Å². The summed E-state index contributed by atoms with van der Waals surface area (Å²) in [4.78, 5) is 0. The Morgan fingerprint density at radius 2 is 1.92 bits per heavy atom. The molecule has 1 fully saturated rings. The molecule has 1 heterocycles. The zero-order chi connectivity index (χ0) is 19.5. The maximum Gasteiger partial charge on any atom is 0.153 e. The van der Waals surface area contributed by atoms with Crippen molar-refractivity contribution in [2.75, 3.05) is 13.6 Å². The molecule has 2 rings (SSSR count). The summed E-state index contributed by atoms with van der Waals surface area (Å²) in [5, 5.41) is 10.7. The summed E-state index contributed by atoms with van der Waals surface area (Å²) in [6.07, 6.45) is 13.4. The topological polar surface area (TPSA) is 27.6 Å². The van der Waals surface area contributed by atoms with Gasteiger partial charge in [-0.05, 0) is 39.8 Å². The molecule has 1 aliphatic heterocycles. The average Bonchev–Trinajstić information content (AvgIpc) is 2.97. The summed E-state index contributed by atoms with van der Waals surface area (Å²) >= 11 is 0. The van der Waals surface area contributed by atoms with Gasteiger partial charge in [-0.15, -0.1) is 0 Å². The van der Waals surface area contributed by atoms with Crippen LogP contribution in [0.15, 0.2) is 41.6 Å². The van der Waals surface area contributed by atoms with Gasteiger partial charge in [0.15, 0.2) is 11.7 Å². The van der Waals surface area contributed by atoms with Crippen molar-refractivity contribution in [1.29, 1.82) is 0 Å². The van der Waals surface area contributed by atoms with Crippen LogP contribution < -0.4 is 5.32 Å². The van der Waals surface area contributed by atoms with E-state index in [4.69, 9.17) is 5.10 Å². The van der Waals surface area contributed by atoms with Crippen molar-refractivity contribution in [3.63, 3.8) is 0 Å². The number of nitrogens with zero attached hydrogens (tertiary/aromatic N) is 2. The summed E-state index contributed by atoms with van der Waals surface area (Å²) < 4.78 is 23.1. The lowest BCUT2D eigenvalue weighted by Gasteiger charge is -2.34. The van der Waals surface area contributed by atoms with Crippen molar-refractivity contribution in [2.24, 2.45) is 11.0 Å². The molecule has 0 amide bonds. The molecule has 0 radical (unpaired) electrons. The molecule has 1 saturated carbocycles. The summed E-state index contributed by atoms with van der Waals surface area (Å²) in [6.45, 7) is 9.61. The quantitative estimate of drug-likeness (QED) is 0.494. The van der Waals surface area contributed by atoms with Crippen molar-refractivity contribution in [2.45, 2.75) is 71.4 Å². The van der Waals surface area contributed by atoms with Crippen LogP contribution in [0.4, 0.5) is 8.78 Å². The number of hydrazone groups is 1. The third-order valence-corrected chi connectivity index (χ3v) is 5.07. The molecule has 0 saturated heterocycles. The molecule has 0 bridgehead atoms. The predicted octanol–water partition coefficient (Wildman–Crippen LogP) is 5.52. The Morgan fingerprint density at radius 1 is 1.27 bits per heavy atom. The first kappa shape index (κ1) is 22.6. The predicted molar refractivity (Wildman–Crippen MR) is 108 cm³/mol. The first-order chi connectivity index (χ1) is 12.5. The molecule has 1 aliphatic carbocycles. The summed E-state index contributed by atoms with van der Waals surface area (Å²) in [5.41, 5.74) is 1.38. The van der Waals surface area contributed by atoms with Gasteiger partial charge in [-0.2, -0.15) is 5.10 Å². The summed E-state index contributed by atoms with van der Waals surface area (Å²) in [5.74, 6) is -1.34. The lowest BCUT2D eigenvalue weighted by molar-refractivity contribution is 0.135. The molecule has 26 heavy (non-hydrogen) atoms. The Labute approximate surface area is 157 Å². The molecule has 0 aromatic rings. The molecule has 5 heteroatoms. The molecule has 1 N–H and O–H groups in total. The Hall–Kier alpha value is -1.49. The normalized spacial score (nSPS) is 24.5. The summed E-state index contributed by atoms with van der Waals surface area (Å²) in [7, 11) is 2.02. The van der Waals surface area contributed by atoms with Crippen molar-refractivity contribution < 1.29 is 8.78 Å². The third-order valence-electron chi connectivity index (χ3n) is 5.07. The number of hydrogen-bond acceptors (Lipinski definition) is 3. The number of rotatable bonds is 6. The van der Waals surface area contributed by atoms with Crippen LogP contribution in [0.3, 0.4) is 0 Å². The average molecular weight is 368 g/mol. The highest BCUT2D eigenvalue weighted by Crippen LogP contribution is 2.32. The Balaban J connectivity index is 0.000000412. The van der Waals surface area contributed by atoms with Crippen LogP contribution in [-0.4, -0.2) is 36.4 Å². The fourth-order valence-electron chi connectivity index (χ4n) is 3.54. The van der Waals surface area contributed by atoms with Crippen LogP contribution in [0.1, 0.15) is 59.3 Å². The minimum Gasteiger partial charge on any atom is -0.319 e. The van der Waals surface area contributed by atoms with E-state index in [9.17, 15) is 8.78 Å². The highest BCUT2D eigenvalue weighted by Gasteiger charge is 2.35. The van der Waals surface area contributed by atoms with Crippen molar-refractivity contribution in [3.8, 4) is 0 Å². The van der Waals surface area contributed by atoms with Gasteiger partial charge in [0, 0.05) is 30.6 Å². The number of nitrogens with one attached hydrogen (secondary N) is 1. The van der Waals surface area contributed by atoms with Crippen LogP contribution in [0.25, 0.3) is 0 Å². The minimum atomic E-state index is -1.01. The molecule has 0 aromatic carbocycles. The van der Waals surface area contributed by atoms with Gasteiger partial charge < -0.3 is 5.32 Å². The van der Waals surface area contributed by atoms with Crippen LogP contribution in [0.2, 0.25) is 0 Å². The summed E-state index contributed by atoms with van der Waals surface area (Å²) in [6, 6.07) is 1.16. The van der Waals surface area contributed by atoms with Gasteiger partial charge in [0.2, 0.25) is 0 Å². The largest absolute Gasteiger partial charge is 0.319 e. The number of halogens is 2. The Bertz CT molecular complexity index is 519. The van der Waals surface area contributed by atoms with Gasteiger partial charge in [0.25, 0.3) is 0 Å². The first-order valence-electron chi connectivity index (χ1n) is 9.75. The number of allylic oxidation sites excluding steroid dienone is 4. The lowest BCUT2D eigenvalue weighted by atomic mass is 9.91. The standard InChI is InChI=1S/C16H29N3.C5H6F2/c1-4-8-16-13(2)15(11-12-17-3)18-19(16)14-9-6-5-7-10-14;1-3-5(7)4(2)6/h4,8,13-14,16-17H,5-7,9-12H2,1-3H3;3H,2H2,1H3/b8-4+;5-3+. The number of hydrogen-bond donors (Lipinski definition) is 1. The van der Waals surface area contributed by atoms with Crippen LogP contribution in [-0.2, 0) is 0 Å². The van der Waals surface area contributed by atoms with Gasteiger partial charge in [0.1, 0.15) is 0 Å². The van der Waals surface area contributed by atoms with Gasteiger partial charge >= 0.3 is 0 Å². The van der Waals surface area contributed by atoms with Gasteiger partial charge in [-0.3, -0.25) is 5.01 Å². The van der Waals surface area contributed by atoms with E-state index >= 15 is 0 Å². The van der Waals surface area contributed by atoms with E-state index in [0.717, 1.165) is 19.0 Å². The third kappa shape index (κ3) is 6.67.